The van der Waals surface area contributed by atoms with Gasteiger partial charge in [-0.2, -0.15) is 4.31 Å². The van der Waals surface area contributed by atoms with Crippen LogP contribution in [0.15, 0.2) is 23.1 Å². The van der Waals surface area contributed by atoms with Gasteiger partial charge in [0.25, 0.3) is 0 Å². The third kappa shape index (κ3) is 2.38. The van der Waals surface area contributed by atoms with Crippen LogP contribution in [0.25, 0.3) is 0 Å². The van der Waals surface area contributed by atoms with Crippen LogP contribution in [0, 0.1) is 11.7 Å². The first-order valence-corrected chi connectivity index (χ1v) is 7.33. The van der Waals surface area contributed by atoms with E-state index < -0.39 is 20.7 Å². The lowest BCUT2D eigenvalue weighted by molar-refractivity contribution is 0.233. The van der Waals surface area contributed by atoms with Gasteiger partial charge >= 0.3 is 0 Å². The molecule has 1 aromatic rings. The summed E-state index contributed by atoms with van der Waals surface area (Å²) >= 11 is 5.58. The maximum absolute atomic E-state index is 13.7. The van der Waals surface area contributed by atoms with Crippen LogP contribution in [0.1, 0.15) is 6.42 Å². The van der Waals surface area contributed by atoms with Gasteiger partial charge in [-0.1, -0.05) is 17.7 Å². The quantitative estimate of drug-likeness (QED) is 0.918. The molecule has 1 heterocycles. The molecule has 0 saturated carbocycles. The Morgan fingerprint density at radius 3 is 2.83 bits per heavy atom. The van der Waals surface area contributed by atoms with Crippen molar-refractivity contribution in [3.63, 3.8) is 0 Å². The molecule has 1 aliphatic heterocycles. The van der Waals surface area contributed by atoms with Crippen molar-refractivity contribution in [2.24, 2.45) is 5.92 Å². The summed E-state index contributed by atoms with van der Waals surface area (Å²) in [7, 11) is -3.87. The number of benzene rings is 1. The van der Waals surface area contributed by atoms with Gasteiger partial charge in [-0.15, -0.1) is 0 Å². The summed E-state index contributed by atoms with van der Waals surface area (Å²) < 4.78 is 39.4. The minimum atomic E-state index is -3.87. The molecule has 1 aromatic carbocycles. The molecule has 1 saturated heterocycles. The molecule has 0 aliphatic carbocycles. The number of hydrogen-bond donors (Lipinski definition) is 1. The van der Waals surface area contributed by atoms with E-state index >= 15 is 0 Å². The van der Waals surface area contributed by atoms with Gasteiger partial charge in [-0.25, -0.2) is 12.8 Å². The first-order chi connectivity index (χ1) is 8.46. The van der Waals surface area contributed by atoms with E-state index in [-0.39, 0.29) is 24.1 Å². The predicted molar refractivity (Wildman–Crippen MR) is 65.4 cm³/mol. The van der Waals surface area contributed by atoms with Crippen LogP contribution < -0.4 is 0 Å². The summed E-state index contributed by atoms with van der Waals surface area (Å²) in [5.74, 6) is -1.01. The van der Waals surface area contributed by atoms with Crippen molar-refractivity contribution in [1.82, 2.24) is 4.31 Å². The Labute approximate surface area is 110 Å². The smallest absolute Gasteiger partial charge is 0.246 e. The summed E-state index contributed by atoms with van der Waals surface area (Å²) in [6.07, 6.45) is 0.581. The number of sulfonamides is 1. The molecule has 1 aliphatic rings. The molecule has 1 atom stereocenters. The second kappa shape index (κ2) is 5.13. The number of rotatable bonds is 3. The summed E-state index contributed by atoms with van der Waals surface area (Å²) in [6, 6.07) is 3.90. The van der Waals surface area contributed by atoms with Gasteiger partial charge in [-0.3, -0.25) is 0 Å². The average Bonchev–Trinajstić information content (AvgIpc) is 2.81. The van der Waals surface area contributed by atoms with Crippen LogP contribution in [-0.4, -0.2) is 37.5 Å². The first-order valence-electron chi connectivity index (χ1n) is 5.52. The molecule has 100 valence electrons. The second-order valence-electron chi connectivity index (χ2n) is 4.25. The van der Waals surface area contributed by atoms with Crippen LogP contribution in [-0.2, 0) is 10.0 Å². The van der Waals surface area contributed by atoms with E-state index in [0.717, 1.165) is 0 Å². The standard InChI is InChI=1S/C11H13ClFNO3S/c12-9-2-1-3-10(11(9)13)18(16,17)14-5-4-8(6-14)7-15/h1-3,8,15H,4-7H2. The zero-order chi connectivity index (χ0) is 13.3. The molecule has 1 N–H and O–H groups in total. The van der Waals surface area contributed by atoms with Gasteiger partial charge in [0.2, 0.25) is 10.0 Å². The van der Waals surface area contributed by atoms with Gasteiger partial charge in [-0.05, 0) is 24.5 Å². The van der Waals surface area contributed by atoms with Gasteiger partial charge in [0.15, 0.2) is 5.82 Å². The van der Waals surface area contributed by atoms with E-state index in [1.165, 1.54) is 22.5 Å². The molecule has 7 heteroatoms. The molecular formula is C11H13ClFNO3S. The molecule has 4 nitrogen and oxygen atoms in total. The lowest BCUT2D eigenvalue weighted by atomic mass is 10.1. The van der Waals surface area contributed by atoms with E-state index in [1.807, 2.05) is 0 Å². The zero-order valence-electron chi connectivity index (χ0n) is 9.51. The zero-order valence-corrected chi connectivity index (χ0v) is 11.1. The van der Waals surface area contributed by atoms with Gasteiger partial charge in [0.1, 0.15) is 4.90 Å². The molecule has 0 spiro atoms. The molecule has 1 fully saturated rings. The third-order valence-corrected chi connectivity index (χ3v) is 5.22. The largest absolute Gasteiger partial charge is 0.396 e. The molecule has 18 heavy (non-hydrogen) atoms. The number of aliphatic hydroxyl groups is 1. The van der Waals surface area contributed by atoms with Crippen LogP contribution in [0.3, 0.4) is 0 Å². The van der Waals surface area contributed by atoms with Crippen LogP contribution in [0.2, 0.25) is 5.02 Å². The highest BCUT2D eigenvalue weighted by Crippen LogP contribution is 2.28. The van der Waals surface area contributed by atoms with Crippen molar-refractivity contribution in [3.8, 4) is 0 Å². The molecule has 0 amide bonds. The Balaban J connectivity index is 2.35. The highest BCUT2D eigenvalue weighted by atomic mass is 35.5. The van der Waals surface area contributed by atoms with E-state index in [4.69, 9.17) is 16.7 Å². The molecule has 0 aromatic heterocycles. The van der Waals surface area contributed by atoms with Crippen LogP contribution >= 0.6 is 11.6 Å². The number of halogens is 2. The highest BCUT2D eigenvalue weighted by molar-refractivity contribution is 7.89. The van der Waals surface area contributed by atoms with Gasteiger partial charge < -0.3 is 5.11 Å². The van der Waals surface area contributed by atoms with Crippen molar-refractivity contribution >= 4 is 21.6 Å². The summed E-state index contributed by atoms with van der Waals surface area (Å²) in [5.41, 5.74) is 0. The monoisotopic (exact) mass is 293 g/mol. The Morgan fingerprint density at radius 1 is 1.50 bits per heavy atom. The topological polar surface area (TPSA) is 57.6 Å². The van der Waals surface area contributed by atoms with Crippen molar-refractivity contribution < 1.29 is 17.9 Å². The Morgan fingerprint density at radius 2 is 2.22 bits per heavy atom. The average molecular weight is 294 g/mol. The molecule has 0 bridgehead atoms. The fourth-order valence-electron chi connectivity index (χ4n) is 1.99. The van der Waals surface area contributed by atoms with Crippen LogP contribution in [0.4, 0.5) is 4.39 Å². The second-order valence-corrected chi connectivity index (χ2v) is 6.57. The van der Waals surface area contributed by atoms with Crippen molar-refractivity contribution in [3.05, 3.63) is 29.0 Å². The van der Waals surface area contributed by atoms with Crippen molar-refractivity contribution in [1.29, 1.82) is 0 Å². The van der Waals surface area contributed by atoms with E-state index in [2.05, 4.69) is 0 Å². The first kappa shape index (κ1) is 13.7. The van der Waals surface area contributed by atoms with Gasteiger partial charge in [0.05, 0.1) is 5.02 Å². The van der Waals surface area contributed by atoms with E-state index in [9.17, 15) is 12.8 Å². The Kier molecular flexibility index (Phi) is 3.91. The molecule has 2 rings (SSSR count). The fraction of sp³-hybridized carbons (Fsp3) is 0.455. The fourth-order valence-corrected chi connectivity index (χ4v) is 3.84. The predicted octanol–water partition coefficient (Wildman–Crippen LogP) is 1.48. The minimum absolute atomic E-state index is 0.0654. The van der Waals surface area contributed by atoms with E-state index in [1.54, 1.807) is 0 Å². The normalized spacial score (nSPS) is 21.4. The summed E-state index contributed by atoms with van der Waals surface area (Å²) in [5, 5.41) is 8.79. The lowest BCUT2D eigenvalue weighted by Gasteiger charge is -2.16. The van der Waals surface area contributed by atoms with E-state index in [0.29, 0.717) is 13.0 Å². The van der Waals surface area contributed by atoms with Crippen molar-refractivity contribution in [2.75, 3.05) is 19.7 Å². The maximum Gasteiger partial charge on any atom is 0.246 e. The summed E-state index contributed by atoms with van der Waals surface area (Å²) in [4.78, 5) is -0.409. The molecule has 1 unspecified atom stereocenters. The lowest BCUT2D eigenvalue weighted by Crippen LogP contribution is -2.30. The highest BCUT2D eigenvalue weighted by Gasteiger charge is 2.34. The minimum Gasteiger partial charge on any atom is -0.396 e. The van der Waals surface area contributed by atoms with Crippen molar-refractivity contribution in [2.45, 2.75) is 11.3 Å². The molecular weight excluding hydrogens is 281 g/mol. The summed E-state index contributed by atoms with van der Waals surface area (Å²) in [6.45, 7) is 0.439. The van der Waals surface area contributed by atoms with Crippen LogP contribution in [0.5, 0.6) is 0 Å². The maximum atomic E-state index is 13.7. The Hall–Kier alpha value is -0.690. The SMILES string of the molecule is O=S(=O)(c1cccc(Cl)c1F)N1CCC(CO)C1. The third-order valence-electron chi connectivity index (χ3n) is 3.04. The number of nitrogens with zero attached hydrogens (tertiary/aromatic N) is 1. The Bertz CT molecular complexity index is 549. The number of hydrogen-bond acceptors (Lipinski definition) is 3. The number of aliphatic hydroxyl groups excluding tert-OH is 1. The molecule has 0 radical (unpaired) electrons. The van der Waals surface area contributed by atoms with Gasteiger partial charge in [0, 0.05) is 19.7 Å².